The molecule has 0 aromatic carbocycles. The highest BCUT2D eigenvalue weighted by molar-refractivity contribution is 8.02. The second kappa shape index (κ2) is 6.19. The summed E-state index contributed by atoms with van der Waals surface area (Å²) in [5, 5.41) is 11.9. The Bertz CT molecular complexity index is 555. The van der Waals surface area contributed by atoms with Gasteiger partial charge in [-0.1, -0.05) is 18.3 Å². The molecule has 1 aliphatic heterocycles. The predicted octanol–water partition coefficient (Wildman–Crippen LogP) is 0.959. The Balaban J connectivity index is 1.76. The molecule has 1 aliphatic rings. The van der Waals surface area contributed by atoms with Crippen LogP contribution in [0.1, 0.15) is 18.4 Å². The molecule has 0 aliphatic carbocycles. The lowest BCUT2D eigenvalue weighted by atomic mass is 10.4. The van der Waals surface area contributed by atoms with E-state index < -0.39 is 9.84 Å². The third-order valence-corrected chi connectivity index (χ3v) is 6.92. The first-order valence-corrected chi connectivity index (χ1v) is 9.61. The molecule has 0 bridgehead atoms. The van der Waals surface area contributed by atoms with Crippen molar-refractivity contribution in [2.75, 3.05) is 22.6 Å². The maximum absolute atomic E-state index is 11.7. The van der Waals surface area contributed by atoms with Gasteiger partial charge in [-0.15, -0.1) is 22.0 Å². The lowest BCUT2D eigenvalue weighted by Crippen LogP contribution is -2.17. The number of aromatic nitrogens is 2. The molecule has 1 aromatic heterocycles. The highest BCUT2D eigenvalue weighted by Crippen LogP contribution is 2.24. The predicted molar refractivity (Wildman–Crippen MR) is 77.4 cm³/mol. The van der Waals surface area contributed by atoms with Crippen molar-refractivity contribution in [1.29, 1.82) is 0 Å². The molecule has 1 N–H and O–H groups in total. The van der Waals surface area contributed by atoms with Gasteiger partial charge in [0.15, 0.2) is 9.84 Å². The van der Waals surface area contributed by atoms with Gasteiger partial charge in [-0.05, 0) is 12.8 Å². The molecule has 19 heavy (non-hydrogen) atoms. The molecule has 6 nitrogen and oxygen atoms in total. The van der Waals surface area contributed by atoms with Crippen LogP contribution in [0, 0.1) is 0 Å². The summed E-state index contributed by atoms with van der Waals surface area (Å²) in [5.41, 5.74) is 0. The van der Waals surface area contributed by atoms with Gasteiger partial charge in [0.05, 0.1) is 17.3 Å². The largest absolute Gasteiger partial charge is 0.300 e. The standard InChI is InChI=1S/C10H15N3O3S3/c1-2-9-12-13-10(18-9)11-8(14)5-17-7-3-4-19(15,16)6-7/h7H,2-6H2,1H3,(H,11,13,14)/t7-/m0/s1. The first kappa shape index (κ1) is 14.7. The molecule has 0 saturated carbocycles. The molecule has 1 atom stereocenters. The summed E-state index contributed by atoms with van der Waals surface area (Å²) in [6, 6.07) is 0. The number of amides is 1. The third-order valence-electron chi connectivity index (χ3n) is 2.66. The van der Waals surface area contributed by atoms with Gasteiger partial charge >= 0.3 is 0 Å². The maximum Gasteiger partial charge on any atom is 0.236 e. The number of sulfone groups is 1. The van der Waals surface area contributed by atoms with E-state index in [9.17, 15) is 13.2 Å². The van der Waals surface area contributed by atoms with Crippen LogP contribution in [0.2, 0.25) is 0 Å². The van der Waals surface area contributed by atoms with Crippen molar-refractivity contribution in [2.45, 2.75) is 25.0 Å². The van der Waals surface area contributed by atoms with Crippen molar-refractivity contribution < 1.29 is 13.2 Å². The Kier molecular flexibility index (Phi) is 4.80. The Labute approximate surface area is 120 Å². The van der Waals surface area contributed by atoms with E-state index in [0.717, 1.165) is 11.4 Å². The van der Waals surface area contributed by atoms with Crippen molar-refractivity contribution in [3.8, 4) is 0 Å². The monoisotopic (exact) mass is 321 g/mol. The van der Waals surface area contributed by atoms with E-state index in [4.69, 9.17) is 0 Å². The van der Waals surface area contributed by atoms with E-state index >= 15 is 0 Å². The second-order valence-corrected chi connectivity index (χ2v) is 8.82. The van der Waals surface area contributed by atoms with Crippen LogP contribution in [0.25, 0.3) is 0 Å². The highest BCUT2D eigenvalue weighted by atomic mass is 32.2. The van der Waals surface area contributed by atoms with E-state index in [1.54, 1.807) is 0 Å². The van der Waals surface area contributed by atoms with Gasteiger partial charge in [0.25, 0.3) is 0 Å². The minimum Gasteiger partial charge on any atom is -0.300 e. The number of hydrogen-bond acceptors (Lipinski definition) is 7. The quantitative estimate of drug-likeness (QED) is 0.869. The molecule has 2 rings (SSSR count). The first-order chi connectivity index (χ1) is 8.98. The van der Waals surface area contributed by atoms with Crippen molar-refractivity contribution >= 4 is 44.0 Å². The van der Waals surface area contributed by atoms with Crippen LogP contribution in [0.4, 0.5) is 5.13 Å². The number of hydrogen-bond donors (Lipinski definition) is 1. The zero-order valence-electron chi connectivity index (χ0n) is 10.5. The van der Waals surface area contributed by atoms with Crippen LogP contribution in [0.3, 0.4) is 0 Å². The average Bonchev–Trinajstić information content (AvgIpc) is 2.93. The van der Waals surface area contributed by atoms with E-state index in [-0.39, 0.29) is 28.4 Å². The van der Waals surface area contributed by atoms with Crippen LogP contribution in [-0.4, -0.2) is 47.0 Å². The summed E-state index contributed by atoms with van der Waals surface area (Å²) in [6.07, 6.45) is 1.43. The van der Waals surface area contributed by atoms with E-state index in [2.05, 4.69) is 15.5 Å². The summed E-state index contributed by atoms with van der Waals surface area (Å²) in [4.78, 5) is 11.7. The maximum atomic E-state index is 11.7. The third kappa shape index (κ3) is 4.43. The second-order valence-electron chi connectivity index (χ2n) is 4.24. The molecule has 0 unspecified atom stereocenters. The van der Waals surface area contributed by atoms with Gasteiger partial charge in [0.2, 0.25) is 11.0 Å². The molecular formula is C10H15N3O3S3. The van der Waals surface area contributed by atoms with E-state index in [1.807, 2.05) is 6.92 Å². The van der Waals surface area contributed by atoms with Crippen molar-refractivity contribution in [3.63, 3.8) is 0 Å². The van der Waals surface area contributed by atoms with Gasteiger partial charge < -0.3 is 0 Å². The minimum absolute atomic E-state index is 0.0383. The van der Waals surface area contributed by atoms with Crippen LogP contribution >= 0.6 is 23.1 Å². The fourth-order valence-corrected chi connectivity index (χ4v) is 5.83. The van der Waals surface area contributed by atoms with Crippen LogP contribution in [0.15, 0.2) is 0 Å². The van der Waals surface area contributed by atoms with E-state index in [1.165, 1.54) is 23.1 Å². The van der Waals surface area contributed by atoms with Crippen LogP contribution < -0.4 is 5.32 Å². The van der Waals surface area contributed by atoms with Gasteiger partial charge in [-0.25, -0.2) is 8.42 Å². The molecule has 0 radical (unpaired) electrons. The number of nitrogens with one attached hydrogen (secondary N) is 1. The normalized spacial score (nSPS) is 21.4. The molecule has 106 valence electrons. The summed E-state index contributed by atoms with van der Waals surface area (Å²) >= 11 is 2.75. The number of anilines is 1. The molecule has 9 heteroatoms. The minimum atomic E-state index is -2.88. The fraction of sp³-hybridized carbons (Fsp3) is 0.700. The zero-order chi connectivity index (χ0) is 13.9. The first-order valence-electron chi connectivity index (χ1n) is 5.93. The number of carbonyl (C=O) groups is 1. The van der Waals surface area contributed by atoms with Gasteiger partial charge in [-0.2, -0.15) is 0 Å². The summed E-state index contributed by atoms with van der Waals surface area (Å²) in [5.74, 6) is 0.515. The molecule has 1 amide bonds. The molecule has 1 aromatic rings. The zero-order valence-corrected chi connectivity index (χ0v) is 12.9. The average molecular weight is 321 g/mol. The molecule has 0 spiro atoms. The van der Waals surface area contributed by atoms with Crippen molar-refractivity contribution in [3.05, 3.63) is 5.01 Å². The van der Waals surface area contributed by atoms with Crippen LogP contribution in [0.5, 0.6) is 0 Å². The van der Waals surface area contributed by atoms with Gasteiger partial charge in [-0.3, -0.25) is 10.1 Å². The van der Waals surface area contributed by atoms with E-state index in [0.29, 0.717) is 11.6 Å². The number of nitrogens with zero attached hydrogens (tertiary/aromatic N) is 2. The lowest BCUT2D eigenvalue weighted by Gasteiger charge is -2.06. The van der Waals surface area contributed by atoms with Gasteiger partial charge in [0.1, 0.15) is 5.01 Å². The lowest BCUT2D eigenvalue weighted by molar-refractivity contribution is -0.113. The Morgan fingerprint density at radius 2 is 2.32 bits per heavy atom. The Morgan fingerprint density at radius 3 is 2.89 bits per heavy atom. The van der Waals surface area contributed by atoms with Gasteiger partial charge in [0, 0.05) is 5.25 Å². The summed E-state index contributed by atoms with van der Waals surface area (Å²) < 4.78 is 22.6. The van der Waals surface area contributed by atoms with Crippen molar-refractivity contribution in [2.24, 2.45) is 0 Å². The number of aryl methyl sites for hydroxylation is 1. The molecule has 1 fully saturated rings. The summed E-state index contributed by atoms with van der Waals surface area (Å²) in [6.45, 7) is 1.97. The fourth-order valence-electron chi connectivity index (χ4n) is 1.69. The topological polar surface area (TPSA) is 89.0 Å². The molecular weight excluding hydrogens is 306 g/mol. The van der Waals surface area contributed by atoms with Crippen LogP contribution in [-0.2, 0) is 21.1 Å². The van der Waals surface area contributed by atoms with Crippen molar-refractivity contribution in [1.82, 2.24) is 10.2 Å². The molecule has 1 saturated heterocycles. The highest BCUT2D eigenvalue weighted by Gasteiger charge is 2.28. The number of carbonyl (C=O) groups excluding carboxylic acids is 1. The molecule has 2 heterocycles. The number of rotatable bonds is 5. The number of thioether (sulfide) groups is 1. The summed E-state index contributed by atoms with van der Waals surface area (Å²) in [7, 11) is -2.88. The SMILES string of the molecule is CCc1nnc(NC(=O)CS[C@H]2CCS(=O)(=O)C2)s1. The Hall–Kier alpha value is -0.670. The Morgan fingerprint density at radius 1 is 1.53 bits per heavy atom. The smallest absolute Gasteiger partial charge is 0.236 e.